The summed E-state index contributed by atoms with van der Waals surface area (Å²) in [5.41, 5.74) is 1.03. The Morgan fingerprint density at radius 2 is 1.77 bits per heavy atom. The van der Waals surface area contributed by atoms with Crippen LogP contribution in [0, 0.1) is 5.92 Å². The molecule has 2 fully saturated rings. The van der Waals surface area contributed by atoms with Crippen LogP contribution >= 0.6 is 0 Å². The number of rotatable bonds is 16. The molecule has 0 radical (unpaired) electrons. The molecule has 0 bridgehead atoms. The number of morpholine rings is 1. The Morgan fingerprint density at radius 1 is 1.05 bits per heavy atom. The second-order valence-corrected chi connectivity index (χ2v) is 11.9. The van der Waals surface area contributed by atoms with Gasteiger partial charge in [0, 0.05) is 25.4 Å². The van der Waals surface area contributed by atoms with Crippen LogP contribution < -0.4 is 15.4 Å². The Hall–Kier alpha value is -3.12. The minimum Gasteiger partial charge on any atom is -0.497 e. The maximum atomic E-state index is 13.8. The van der Waals surface area contributed by atoms with E-state index in [1.54, 1.807) is 26.2 Å². The van der Waals surface area contributed by atoms with Gasteiger partial charge in [-0.2, -0.15) is 0 Å². The third-order valence-electron chi connectivity index (χ3n) is 8.42. The van der Waals surface area contributed by atoms with Gasteiger partial charge in [0.1, 0.15) is 17.4 Å². The number of aliphatic hydroxyl groups is 1. The van der Waals surface area contributed by atoms with E-state index in [4.69, 9.17) is 14.2 Å². The SMILES string of the molecule is COc1ccc(C[C@H](CC(=O)[C@H](CO)NC(=O)CN2CCOCC2)C(=O)N[C@@H](CC2=CCCCC2)C(=O)[C@@]2(C)CO2)cc1. The average molecular weight is 600 g/mol. The van der Waals surface area contributed by atoms with E-state index in [0.29, 0.717) is 45.1 Å². The number of nitrogens with one attached hydrogen (secondary N) is 2. The molecule has 3 N–H and O–H groups in total. The van der Waals surface area contributed by atoms with Gasteiger partial charge in [0.25, 0.3) is 0 Å². The minimum absolute atomic E-state index is 0.0867. The minimum atomic E-state index is -1.15. The smallest absolute Gasteiger partial charge is 0.234 e. The van der Waals surface area contributed by atoms with E-state index in [0.717, 1.165) is 36.8 Å². The molecule has 1 aromatic rings. The van der Waals surface area contributed by atoms with E-state index < -0.39 is 41.9 Å². The Morgan fingerprint density at radius 3 is 2.37 bits per heavy atom. The number of hydrogen-bond acceptors (Lipinski definition) is 9. The monoisotopic (exact) mass is 599 g/mol. The first-order chi connectivity index (χ1) is 20.7. The van der Waals surface area contributed by atoms with Crippen molar-refractivity contribution in [2.24, 2.45) is 5.92 Å². The van der Waals surface area contributed by atoms with E-state index in [2.05, 4.69) is 16.7 Å². The van der Waals surface area contributed by atoms with E-state index in [1.165, 1.54) is 0 Å². The summed E-state index contributed by atoms with van der Waals surface area (Å²) in [5, 5.41) is 15.6. The summed E-state index contributed by atoms with van der Waals surface area (Å²) in [6.07, 6.45) is 6.54. The van der Waals surface area contributed by atoms with Gasteiger partial charge in [-0.3, -0.25) is 24.1 Å². The lowest BCUT2D eigenvalue weighted by Gasteiger charge is -2.27. The molecular formula is C32H45N3O8. The van der Waals surface area contributed by atoms with Gasteiger partial charge in [-0.25, -0.2) is 0 Å². The van der Waals surface area contributed by atoms with Crippen molar-refractivity contribution in [3.63, 3.8) is 0 Å². The molecule has 1 aromatic carbocycles. The molecule has 4 atom stereocenters. The molecule has 0 spiro atoms. The number of ether oxygens (including phenoxy) is 3. The van der Waals surface area contributed by atoms with Crippen molar-refractivity contribution in [1.82, 2.24) is 15.5 Å². The van der Waals surface area contributed by atoms with Gasteiger partial charge in [0.15, 0.2) is 11.6 Å². The number of aliphatic hydroxyl groups excluding tert-OH is 1. The zero-order chi connectivity index (χ0) is 30.8. The summed E-state index contributed by atoms with van der Waals surface area (Å²) in [6.45, 7) is 3.82. The standard InChI is InChI=1S/C32H45N3O8/c1-32(21-43-32)30(39)26(17-22-6-4-3-5-7-22)34-31(40)24(16-23-8-10-25(41-2)11-9-23)18-28(37)27(20-36)33-29(38)19-35-12-14-42-15-13-35/h6,8-11,24,26-27,36H,3-5,7,12-21H2,1-2H3,(H,33,38)(H,34,40)/t24-,26+,27+,32-/m1/s1. The molecule has 11 nitrogen and oxygen atoms in total. The van der Waals surface area contributed by atoms with Crippen LogP contribution in [0.1, 0.15) is 51.0 Å². The second-order valence-electron chi connectivity index (χ2n) is 11.9. The number of nitrogens with zero attached hydrogens (tertiary/aromatic N) is 1. The number of carbonyl (C=O) groups is 4. The zero-order valence-corrected chi connectivity index (χ0v) is 25.3. The molecular weight excluding hydrogens is 554 g/mol. The number of allylic oxidation sites excluding steroid dienone is 1. The fourth-order valence-electron chi connectivity index (χ4n) is 5.59. The number of ketones is 2. The van der Waals surface area contributed by atoms with Crippen LogP contribution in [0.25, 0.3) is 0 Å². The molecule has 0 unspecified atom stereocenters. The van der Waals surface area contributed by atoms with E-state index in [9.17, 15) is 24.3 Å². The predicted octanol–water partition coefficient (Wildman–Crippen LogP) is 1.36. The number of methoxy groups -OCH3 is 1. The molecule has 3 aliphatic rings. The molecule has 43 heavy (non-hydrogen) atoms. The first-order valence-corrected chi connectivity index (χ1v) is 15.2. The van der Waals surface area contributed by atoms with E-state index in [1.807, 2.05) is 17.0 Å². The van der Waals surface area contributed by atoms with Gasteiger partial charge in [-0.15, -0.1) is 0 Å². The van der Waals surface area contributed by atoms with Gasteiger partial charge in [-0.05, 0) is 63.1 Å². The van der Waals surface area contributed by atoms with Gasteiger partial charge >= 0.3 is 0 Å². The van der Waals surface area contributed by atoms with Crippen LogP contribution in [0.2, 0.25) is 0 Å². The van der Waals surface area contributed by atoms with Crippen molar-refractivity contribution in [1.29, 1.82) is 0 Å². The summed E-state index contributed by atoms with van der Waals surface area (Å²) in [5.74, 6) is -1.62. The average Bonchev–Trinajstić information content (AvgIpc) is 3.78. The van der Waals surface area contributed by atoms with Crippen LogP contribution in [0.3, 0.4) is 0 Å². The first kappa shape index (κ1) is 32.8. The Labute approximate surface area is 253 Å². The molecule has 0 aromatic heterocycles. The van der Waals surface area contributed by atoms with Crippen molar-refractivity contribution in [3.8, 4) is 5.75 Å². The third kappa shape index (κ3) is 9.69. The van der Waals surface area contributed by atoms with Crippen molar-refractivity contribution in [3.05, 3.63) is 41.5 Å². The number of benzene rings is 1. The van der Waals surface area contributed by atoms with Gasteiger partial charge in [0.05, 0.1) is 46.1 Å². The maximum absolute atomic E-state index is 13.8. The molecule has 1 aliphatic carbocycles. The number of carbonyl (C=O) groups excluding carboxylic acids is 4. The highest BCUT2D eigenvalue weighted by molar-refractivity contribution is 5.98. The molecule has 2 saturated heterocycles. The maximum Gasteiger partial charge on any atom is 0.234 e. The van der Waals surface area contributed by atoms with Crippen molar-refractivity contribution >= 4 is 23.4 Å². The predicted molar refractivity (Wildman–Crippen MR) is 159 cm³/mol. The Balaban J connectivity index is 1.47. The number of hydrogen-bond donors (Lipinski definition) is 3. The number of epoxide rings is 1. The Bertz CT molecular complexity index is 1160. The number of Topliss-reactive ketones (excluding diaryl/α,β-unsaturated/α-hetero) is 2. The van der Waals surface area contributed by atoms with Gasteiger partial charge in [0.2, 0.25) is 11.8 Å². The molecule has 0 saturated carbocycles. The van der Waals surface area contributed by atoms with Crippen molar-refractivity contribution < 1.29 is 38.5 Å². The molecule has 4 rings (SSSR count). The van der Waals surface area contributed by atoms with Crippen molar-refractivity contribution in [2.45, 2.75) is 69.6 Å². The summed E-state index contributed by atoms with van der Waals surface area (Å²) in [6, 6.07) is 5.28. The molecule has 2 aliphatic heterocycles. The van der Waals surface area contributed by atoms with Gasteiger partial charge in [-0.1, -0.05) is 23.8 Å². The summed E-state index contributed by atoms with van der Waals surface area (Å²) < 4.78 is 16.0. The summed E-state index contributed by atoms with van der Waals surface area (Å²) >= 11 is 0. The largest absolute Gasteiger partial charge is 0.497 e. The first-order valence-electron chi connectivity index (χ1n) is 15.2. The van der Waals surface area contributed by atoms with Crippen LogP contribution in [-0.2, 0) is 35.1 Å². The molecule has 236 valence electrons. The fourth-order valence-corrected chi connectivity index (χ4v) is 5.59. The quantitative estimate of drug-likeness (QED) is 0.189. The zero-order valence-electron chi connectivity index (χ0n) is 25.3. The second kappa shape index (κ2) is 15.6. The lowest BCUT2D eigenvalue weighted by molar-refractivity contribution is -0.135. The van der Waals surface area contributed by atoms with Crippen molar-refractivity contribution in [2.75, 3.05) is 53.2 Å². The lowest BCUT2D eigenvalue weighted by Crippen LogP contribution is -2.51. The normalized spacial score (nSPS) is 22.4. The van der Waals surface area contributed by atoms with Gasteiger partial charge < -0.3 is 30.0 Å². The van der Waals surface area contributed by atoms with Crippen LogP contribution in [-0.4, -0.2) is 104 Å². The van der Waals surface area contributed by atoms with Crippen LogP contribution in [0.5, 0.6) is 5.75 Å². The number of amides is 2. The summed E-state index contributed by atoms with van der Waals surface area (Å²) in [4.78, 5) is 55.2. The third-order valence-corrected chi connectivity index (χ3v) is 8.42. The van der Waals surface area contributed by atoms with E-state index >= 15 is 0 Å². The summed E-state index contributed by atoms with van der Waals surface area (Å²) in [7, 11) is 1.56. The highest BCUT2D eigenvalue weighted by Gasteiger charge is 2.50. The highest BCUT2D eigenvalue weighted by Crippen LogP contribution is 2.31. The lowest BCUT2D eigenvalue weighted by atomic mass is 9.88. The Kier molecular flexibility index (Phi) is 11.9. The topological polar surface area (TPSA) is 147 Å². The molecule has 2 amide bonds. The molecule has 2 heterocycles. The highest BCUT2D eigenvalue weighted by atomic mass is 16.6. The van der Waals surface area contributed by atoms with Crippen LogP contribution in [0.4, 0.5) is 0 Å². The fraction of sp³-hybridized carbons (Fsp3) is 0.625. The van der Waals surface area contributed by atoms with E-state index in [-0.39, 0.29) is 31.1 Å². The molecule has 11 heteroatoms. The van der Waals surface area contributed by atoms with Crippen LogP contribution in [0.15, 0.2) is 35.9 Å².